The first-order valence-electron chi connectivity index (χ1n) is 18.3. The van der Waals surface area contributed by atoms with Crippen LogP contribution in [0.1, 0.15) is 0 Å². The van der Waals surface area contributed by atoms with Gasteiger partial charge in [0, 0.05) is 49.2 Å². The maximum atomic E-state index is 8.66. The molecule has 0 bridgehead atoms. The van der Waals surface area contributed by atoms with Crippen LogP contribution in [-0.2, 0) is 0 Å². The van der Waals surface area contributed by atoms with Crippen molar-refractivity contribution in [1.29, 1.82) is 0 Å². The molecule has 0 saturated heterocycles. The largest absolute Gasteiger partial charge is 0.319 e. The van der Waals surface area contributed by atoms with Crippen molar-refractivity contribution in [1.82, 2.24) is 13.7 Å². The van der Waals surface area contributed by atoms with E-state index in [9.17, 15) is 0 Å². The molecule has 11 aromatic rings. The lowest BCUT2D eigenvalue weighted by molar-refractivity contribution is 1.16. The Labute approximate surface area is 316 Å². The second-order valence-corrected chi connectivity index (χ2v) is 13.9. The highest BCUT2D eigenvalue weighted by atomic mass is 15.0. The fourth-order valence-electron chi connectivity index (χ4n) is 8.74. The zero-order valence-corrected chi connectivity index (χ0v) is 29.5. The molecule has 11 rings (SSSR count). The Morgan fingerprint density at radius 3 is 1.44 bits per heavy atom. The van der Waals surface area contributed by atoms with Gasteiger partial charge in [0.05, 0.1) is 46.4 Å². The fourth-order valence-corrected chi connectivity index (χ4v) is 8.74. The molecule has 0 aliphatic rings. The van der Waals surface area contributed by atoms with Crippen LogP contribution in [0.2, 0.25) is 0 Å². The predicted molar refractivity (Wildman–Crippen MR) is 227 cm³/mol. The van der Waals surface area contributed by atoms with Crippen molar-refractivity contribution in [2.45, 2.75) is 0 Å². The Bertz CT molecular complexity index is 3420. The van der Waals surface area contributed by atoms with Crippen LogP contribution in [-0.4, -0.2) is 13.7 Å². The minimum atomic E-state index is 0.585. The van der Waals surface area contributed by atoms with Crippen molar-refractivity contribution in [3.63, 3.8) is 0 Å². The van der Waals surface area contributed by atoms with Gasteiger partial charge in [-0.1, -0.05) is 115 Å². The number of benzene rings is 8. The molecule has 55 heavy (non-hydrogen) atoms. The van der Waals surface area contributed by atoms with Crippen molar-refractivity contribution in [3.05, 3.63) is 199 Å². The number of hydrogen-bond donors (Lipinski definition) is 0. The maximum Gasteiger partial charge on any atom is 0.218 e. The van der Waals surface area contributed by atoms with Crippen molar-refractivity contribution < 1.29 is 0 Å². The van der Waals surface area contributed by atoms with Crippen LogP contribution in [0.25, 0.3) is 103 Å². The van der Waals surface area contributed by atoms with Crippen LogP contribution in [0.5, 0.6) is 0 Å². The van der Waals surface area contributed by atoms with Gasteiger partial charge < -0.3 is 13.7 Å². The highest BCUT2D eigenvalue weighted by Gasteiger charge is 2.20. The number of para-hydroxylation sites is 5. The molecule has 0 aliphatic carbocycles. The van der Waals surface area contributed by atoms with E-state index in [1.807, 2.05) is 18.2 Å². The minimum absolute atomic E-state index is 0.585. The van der Waals surface area contributed by atoms with E-state index in [1.54, 1.807) is 0 Å². The number of hydrogen-bond acceptors (Lipinski definition) is 0. The normalized spacial score (nSPS) is 11.6. The van der Waals surface area contributed by atoms with E-state index in [0.717, 1.165) is 82.8 Å². The summed E-state index contributed by atoms with van der Waals surface area (Å²) in [4.78, 5) is 8.01. The third-order valence-electron chi connectivity index (χ3n) is 11.1. The third-order valence-corrected chi connectivity index (χ3v) is 11.1. The summed E-state index contributed by atoms with van der Waals surface area (Å²) >= 11 is 0. The van der Waals surface area contributed by atoms with Crippen LogP contribution in [0.3, 0.4) is 0 Å². The van der Waals surface area contributed by atoms with E-state index in [0.29, 0.717) is 11.4 Å². The molecule has 3 aromatic heterocycles. The monoisotopic (exact) mass is 699 g/mol. The van der Waals surface area contributed by atoms with E-state index in [-0.39, 0.29) is 0 Å². The summed E-state index contributed by atoms with van der Waals surface area (Å²) < 4.78 is 6.84. The molecule has 0 fully saturated rings. The van der Waals surface area contributed by atoms with Gasteiger partial charge in [-0.05, 0) is 71.8 Å². The summed E-state index contributed by atoms with van der Waals surface area (Å²) in [7, 11) is 0. The first-order valence-corrected chi connectivity index (χ1v) is 18.3. The number of fused-ring (bicyclic) bond motifs is 9. The molecular formula is C50H29N5. The Hall–Kier alpha value is -7.86. The summed E-state index contributed by atoms with van der Waals surface area (Å²) in [5, 5.41) is 6.94. The molecule has 0 atom stereocenters. The molecule has 8 aromatic carbocycles. The van der Waals surface area contributed by atoms with Crippen LogP contribution < -0.4 is 0 Å². The van der Waals surface area contributed by atoms with E-state index in [4.69, 9.17) is 13.1 Å². The van der Waals surface area contributed by atoms with Crippen molar-refractivity contribution in [2.24, 2.45) is 0 Å². The lowest BCUT2D eigenvalue weighted by Crippen LogP contribution is -1.98. The highest BCUT2D eigenvalue weighted by molar-refractivity contribution is 6.13. The molecule has 0 spiro atoms. The average molecular weight is 700 g/mol. The second kappa shape index (κ2) is 11.8. The average Bonchev–Trinajstić information content (AvgIpc) is 3.88. The fraction of sp³-hybridized carbons (Fsp3) is 0. The molecule has 3 heterocycles. The molecule has 0 amide bonds. The molecule has 254 valence electrons. The molecule has 0 aliphatic heterocycles. The standard InChI is InChI=1S/C50H29N5/c1-51-33-25-27-41-39-17-5-9-22-45(39)54(48(41)30-33)34-14-11-13-32(29-34)36-19-12-24-47(50(36)52-2)55-46-23-10-6-18-40(46)42-28-26-35(31-49(42)55)53-43-20-7-3-15-37(43)38-16-4-8-21-44(38)53/h3-31H. The van der Waals surface area contributed by atoms with Crippen molar-refractivity contribution >= 4 is 76.8 Å². The van der Waals surface area contributed by atoms with Crippen LogP contribution in [0.4, 0.5) is 11.4 Å². The van der Waals surface area contributed by atoms with Crippen LogP contribution in [0, 0.1) is 13.1 Å². The maximum absolute atomic E-state index is 8.66. The Kier molecular flexibility index (Phi) is 6.61. The zero-order chi connectivity index (χ0) is 36.6. The lowest BCUT2D eigenvalue weighted by Gasteiger charge is -2.16. The Morgan fingerprint density at radius 2 is 0.836 bits per heavy atom. The Morgan fingerprint density at radius 1 is 0.345 bits per heavy atom. The summed E-state index contributed by atoms with van der Waals surface area (Å²) in [5.41, 5.74) is 12.3. The number of aromatic nitrogens is 3. The van der Waals surface area contributed by atoms with Crippen molar-refractivity contribution in [3.8, 4) is 28.2 Å². The predicted octanol–water partition coefficient (Wildman–Crippen LogP) is 13.7. The van der Waals surface area contributed by atoms with Gasteiger partial charge in [-0.25, -0.2) is 9.69 Å². The molecular weight excluding hydrogens is 671 g/mol. The van der Waals surface area contributed by atoms with Gasteiger partial charge in [0.25, 0.3) is 0 Å². The summed E-state index contributed by atoms with van der Waals surface area (Å²) in [6.07, 6.45) is 0. The van der Waals surface area contributed by atoms with E-state index >= 15 is 0 Å². The molecule has 0 unspecified atom stereocenters. The van der Waals surface area contributed by atoms with E-state index < -0.39 is 0 Å². The van der Waals surface area contributed by atoms with Gasteiger partial charge >= 0.3 is 0 Å². The Balaban J connectivity index is 1.14. The van der Waals surface area contributed by atoms with Crippen LogP contribution >= 0.6 is 0 Å². The molecule has 5 heteroatoms. The van der Waals surface area contributed by atoms with Gasteiger partial charge in [0.1, 0.15) is 0 Å². The number of rotatable bonds is 4. The van der Waals surface area contributed by atoms with Gasteiger partial charge in [0.15, 0.2) is 5.69 Å². The molecule has 0 saturated carbocycles. The lowest BCUT2D eigenvalue weighted by atomic mass is 10.0. The first kappa shape index (κ1) is 30.7. The van der Waals surface area contributed by atoms with Gasteiger partial charge in [-0.2, -0.15) is 0 Å². The summed E-state index contributed by atoms with van der Waals surface area (Å²) in [5.74, 6) is 0. The first-order chi connectivity index (χ1) is 27.2. The number of nitrogens with zero attached hydrogens (tertiary/aromatic N) is 5. The summed E-state index contributed by atoms with van der Waals surface area (Å²) in [6.45, 7) is 16.4. The zero-order valence-electron chi connectivity index (χ0n) is 29.5. The van der Waals surface area contributed by atoms with Gasteiger partial charge in [-0.15, -0.1) is 0 Å². The molecule has 0 N–H and O–H groups in total. The molecule has 5 nitrogen and oxygen atoms in total. The SMILES string of the molecule is [C-]#[N+]c1ccc2c3ccccc3n(-c3cccc(-c4cccc(-n5c6ccccc6c6ccc(-n7c8ccccc8c8ccccc87)cc65)c4[N+]#[C-])c3)c2c1. The van der Waals surface area contributed by atoms with E-state index in [1.165, 1.54) is 10.8 Å². The van der Waals surface area contributed by atoms with Gasteiger partial charge in [0.2, 0.25) is 5.69 Å². The van der Waals surface area contributed by atoms with E-state index in [2.05, 4.69) is 181 Å². The topological polar surface area (TPSA) is 23.5 Å². The minimum Gasteiger partial charge on any atom is -0.319 e. The summed E-state index contributed by atoms with van der Waals surface area (Å²) in [6, 6.07) is 61.2. The third kappa shape index (κ3) is 4.45. The van der Waals surface area contributed by atoms with Crippen LogP contribution in [0.15, 0.2) is 176 Å². The second-order valence-electron chi connectivity index (χ2n) is 13.9. The highest BCUT2D eigenvalue weighted by Crippen LogP contribution is 2.43. The van der Waals surface area contributed by atoms with Gasteiger partial charge in [-0.3, -0.25) is 0 Å². The van der Waals surface area contributed by atoms with Crippen molar-refractivity contribution in [2.75, 3.05) is 0 Å². The quantitative estimate of drug-likeness (QED) is 0.163. The smallest absolute Gasteiger partial charge is 0.218 e. The molecule has 0 radical (unpaired) electrons.